The lowest BCUT2D eigenvalue weighted by Crippen LogP contribution is -2.36. The van der Waals surface area contributed by atoms with E-state index >= 15 is 0 Å². The van der Waals surface area contributed by atoms with Crippen LogP contribution in [0.2, 0.25) is 0 Å². The van der Waals surface area contributed by atoms with Gasteiger partial charge in [0.1, 0.15) is 0 Å². The van der Waals surface area contributed by atoms with Crippen molar-refractivity contribution in [1.82, 2.24) is 15.6 Å². The summed E-state index contributed by atoms with van der Waals surface area (Å²) in [5.41, 5.74) is 5.31. The zero-order valence-electron chi connectivity index (χ0n) is 13.1. The third-order valence-corrected chi connectivity index (χ3v) is 4.28. The van der Waals surface area contributed by atoms with Gasteiger partial charge in [0, 0.05) is 31.4 Å². The zero-order chi connectivity index (χ0) is 15.4. The molecule has 2 heterocycles. The van der Waals surface area contributed by atoms with Crippen LogP contribution < -0.4 is 10.6 Å². The number of nitrogens with one attached hydrogen (secondary N) is 2. The van der Waals surface area contributed by atoms with Gasteiger partial charge >= 0.3 is 0 Å². The molecular formula is C18H22N4. The first kappa shape index (κ1) is 14.6. The molecule has 1 aromatic heterocycles. The first-order valence-corrected chi connectivity index (χ1v) is 7.74. The van der Waals surface area contributed by atoms with Crippen molar-refractivity contribution >= 4 is 5.96 Å². The van der Waals surface area contributed by atoms with Crippen molar-refractivity contribution < 1.29 is 0 Å². The van der Waals surface area contributed by atoms with Gasteiger partial charge in [0.25, 0.3) is 0 Å². The molecule has 2 N–H and O–H groups in total. The van der Waals surface area contributed by atoms with E-state index in [4.69, 9.17) is 0 Å². The molecule has 1 aromatic carbocycles. The van der Waals surface area contributed by atoms with E-state index < -0.39 is 0 Å². The molecule has 3 rings (SSSR count). The number of aromatic nitrogens is 1. The molecule has 1 aliphatic heterocycles. The highest BCUT2D eigenvalue weighted by molar-refractivity contribution is 5.81. The van der Waals surface area contributed by atoms with Crippen LogP contribution in [0.3, 0.4) is 0 Å². The molecule has 1 unspecified atom stereocenters. The van der Waals surface area contributed by atoms with Crippen LogP contribution in [0.15, 0.2) is 47.7 Å². The average molecular weight is 294 g/mol. The summed E-state index contributed by atoms with van der Waals surface area (Å²) in [6.07, 6.45) is 3.72. The largest absolute Gasteiger partial charge is 0.355 e. The van der Waals surface area contributed by atoms with Crippen molar-refractivity contribution in [3.8, 4) is 0 Å². The molecule has 0 amide bonds. The Morgan fingerprint density at radius 2 is 2.00 bits per heavy atom. The van der Waals surface area contributed by atoms with Crippen molar-refractivity contribution in [3.63, 3.8) is 0 Å². The highest BCUT2D eigenvalue weighted by Crippen LogP contribution is 2.27. The second kappa shape index (κ2) is 6.60. The Balaban J connectivity index is 1.90. The molecule has 2 aromatic rings. The summed E-state index contributed by atoms with van der Waals surface area (Å²) in [5.74, 6) is 1.19. The fraction of sp³-hybridized carbons (Fsp3) is 0.333. The molecule has 0 aliphatic carbocycles. The van der Waals surface area contributed by atoms with Crippen molar-refractivity contribution in [1.29, 1.82) is 0 Å². The number of aliphatic imine (C=N–C) groups is 1. The van der Waals surface area contributed by atoms with E-state index in [-0.39, 0.29) is 5.92 Å². The predicted molar refractivity (Wildman–Crippen MR) is 90.3 cm³/mol. The van der Waals surface area contributed by atoms with Crippen LogP contribution in [0.25, 0.3) is 0 Å². The molecule has 4 nitrogen and oxygen atoms in total. The molecule has 0 saturated carbocycles. The third kappa shape index (κ3) is 3.11. The summed E-state index contributed by atoms with van der Waals surface area (Å²) in [4.78, 5) is 8.56. The van der Waals surface area contributed by atoms with Gasteiger partial charge in [-0.2, -0.15) is 0 Å². The van der Waals surface area contributed by atoms with Gasteiger partial charge in [0.2, 0.25) is 0 Å². The molecule has 0 fully saturated rings. The maximum Gasteiger partial charge on any atom is 0.191 e. The fourth-order valence-electron chi connectivity index (χ4n) is 2.87. The summed E-state index contributed by atoms with van der Waals surface area (Å²) in [7, 11) is 0. The molecule has 4 heteroatoms. The van der Waals surface area contributed by atoms with Gasteiger partial charge in [-0.05, 0) is 48.2 Å². The standard InChI is InChI=1S/C18H22N4/c1-13-4-3-5-16(14(13)2)17(15-6-8-19-9-7-15)12-22-18-20-10-11-21-18/h3-9,17H,10-12H2,1-2H3,(H2,20,21,22). The Morgan fingerprint density at radius 3 is 2.73 bits per heavy atom. The van der Waals surface area contributed by atoms with Gasteiger partial charge in [0.05, 0.1) is 6.54 Å². The van der Waals surface area contributed by atoms with Crippen LogP contribution >= 0.6 is 0 Å². The normalized spacial score (nSPS) is 15.1. The second-order valence-electron chi connectivity index (χ2n) is 5.66. The first-order chi connectivity index (χ1) is 10.8. The van der Waals surface area contributed by atoms with Gasteiger partial charge < -0.3 is 10.6 Å². The maximum atomic E-state index is 4.42. The summed E-state index contributed by atoms with van der Waals surface area (Å²) in [6, 6.07) is 10.7. The number of pyridine rings is 1. The van der Waals surface area contributed by atoms with Gasteiger partial charge in [-0.15, -0.1) is 0 Å². The number of guanidine groups is 1. The third-order valence-electron chi connectivity index (χ3n) is 4.28. The van der Waals surface area contributed by atoms with Gasteiger partial charge in [-0.3, -0.25) is 9.98 Å². The maximum absolute atomic E-state index is 4.42. The van der Waals surface area contributed by atoms with Gasteiger partial charge in [0.15, 0.2) is 5.96 Å². The summed E-state index contributed by atoms with van der Waals surface area (Å²) in [6.45, 7) is 6.96. The molecular weight excluding hydrogens is 272 g/mol. The van der Waals surface area contributed by atoms with E-state index in [0.717, 1.165) is 25.6 Å². The van der Waals surface area contributed by atoms with Crippen LogP contribution in [0, 0.1) is 13.8 Å². The average Bonchev–Trinajstić information content (AvgIpc) is 3.06. The Labute approximate surface area is 131 Å². The number of aryl methyl sites for hydroxylation is 1. The smallest absolute Gasteiger partial charge is 0.191 e. The molecule has 22 heavy (non-hydrogen) atoms. The number of rotatable bonds is 4. The minimum atomic E-state index is 0.285. The Bertz CT molecular complexity index is 664. The van der Waals surface area contributed by atoms with E-state index in [1.165, 1.54) is 22.3 Å². The fourth-order valence-corrected chi connectivity index (χ4v) is 2.87. The highest BCUT2D eigenvalue weighted by atomic mass is 15.2. The number of benzene rings is 1. The molecule has 1 aliphatic rings. The number of hydrogen-bond donors (Lipinski definition) is 2. The number of hydrogen-bond acceptors (Lipinski definition) is 4. The monoisotopic (exact) mass is 294 g/mol. The van der Waals surface area contributed by atoms with Crippen LogP contribution in [-0.2, 0) is 0 Å². The zero-order valence-corrected chi connectivity index (χ0v) is 13.1. The Kier molecular flexibility index (Phi) is 4.37. The van der Waals surface area contributed by atoms with E-state index in [2.05, 4.69) is 64.8 Å². The van der Waals surface area contributed by atoms with E-state index in [1.54, 1.807) is 0 Å². The SMILES string of the molecule is Cc1cccc(C(CNC2=NCCN2)c2ccncc2)c1C. The summed E-state index contributed by atoms with van der Waals surface area (Å²) >= 11 is 0. The van der Waals surface area contributed by atoms with E-state index in [9.17, 15) is 0 Å². The van der Waals surface area contributed by atoms with Crippen LogP contribution in [0.5, 0.6) is 0 Å². The molecule has 0 radical (unpaired) electrons. The lowest BCUT2D eigenvalue weighted by Gasteiger charge is -2.22. The van der Waals surface area contributed by atoms with Crippen LogP contribution in [0.4, 0.5) is 0 Å². The minimum Gasteiger partial charge on any atom is -0.355 e. The van der Waals surface area contributed by atoms with Crippen molar-refractivity contribution in [2.24, 2.45) is 4.99 Å². The molecule has 0 spiro atoms. The Hall–Kier alpha value is -2.36. The van der Waals surface area contributed by atoms with E-state index in [1.807, 2.05) is 12.4 Å². The first-order valence-electron chi connectivity index (χ1n) is 7.74. The molecule has 114 valence electrons. The van der Waals surface area contributed by atoms with Crippen molar-refractivity contribution in [3.05, 3.63) is 65.0 Å². The lowest BCUT2D eigenvalue weighted by atomic mass is 9.87. The molecule has 0 saturated heterocycles. The van der Waals surface area contributed by atoms with Crippen LogP contribution in [-0.4, -0.2) is 30.6 Å². The van der Waals surface area contributed by atoms with Crippen molar-refractivity contribution in [2.45, 2.75) is 19.8 Å². The lowest BCUT2D eigenvalue weighted by molar-refractivity contribution is 0.738. The quantitative estimate of drug-likeness (QED) is 0.910. The number of nitrogens with zero attached hydrogens (tertiary/aromatic N) is 2. The predicted octanol–water partition coefficient (Wildman–Crippen LogP) is 2.38. The minimum absolute atomic E-state index is 0.285. The molecule has 0 bridgehead atoms. The van der Waals surface area contributed by atoms with E-state index in [0.29, 0.717) is 0 Å². The second-order valence-corrected chi connectivity index (χ2v) is 5.66. The summed E-state index contributed by atoms with van der Waals surface area (Å²) < 4.78 is 0. The molecule has 1 atom stereocenters. The van der Waals surface area contributed by atoms with Gasteiger partial charge in [-0.25, -0.2) is 0 Å². The summed E-state index contributed by atoms with van der Waals surface area (Å²) in [5, 5.41) is 6.71. The highest BCUT2D eigenvalue weighted by Gasteiger charge is 2.18. The van der Waals surface area contributed by atoms with Crippen LogP contribution in [0.1, 0.15) is 28.2 Å². The Morgan fingerprint density at radius 1 is 1.18 bits per heavy atom. The van der Waals surface area contributed by atoms with Gasteiger partial charge in [-0.1, -0.05) is 18.2 Å². The topological polar surface area (TPSA) is 49.3 Å². The van der Waals surface area contributed by atoms with Crippen molar-refractivity contribution in [2.75, 3.05) is 19.6 Å².